The Morgan fingerprint density at radius 2 is 1.81 bits per heavy atom. The highest BCUT2D eigenvalue weighted by Gasteiger charge is 2.57. The van der Waals surface area contributed by atoms with Crippen molar-refractivity contribution in [2.24, 2.45) is 5.41 Å². The molecule has 0 spiro atoms. The van der Waals surface area contributed by atoms with Crippen LogP contribution in [-0.2, 0) is 47.5 Å². The normalized spacial score (nSPS) is 36.9. The SMILES string of the molecule is COC(=O)/C=C1\C[C@H]2C[C@H]([C@@H](C)O)OC(=O)C[C@H](O)CCOCC[C@@H]3CCO[C@H](/C=C/C(C)(C)[C@](O)(O2)[C@H]1OC(C)=O)O3. The first-order chi connectivity index (χ1) is 20.2. The van der Waals surface area contributed by atoms with Crippen molar-refractivity contribution in [2.75, 3.05) is 26.9 Å². The molecule has 0 amide bonds. The van der Waals surface area contributed by atoms with Gasteiger partial charge in [0, 0.05) is 38.0 Å². The van der Waals surface area contributed by atoms with Crippen LogP contribution >= 0.6 is 0 Å². The fourth-order valence-electron chi connectivity index (χ4n) is 5.28. The van der Waals surface area contributed by atoms with E-state index in [1.54, 1.807) is 26.0 Å². The number of esters is 3. The van der Waals surface area contributed by atoms with Crippen LogP contribution in [-0.4, -0.2) is 109 Å². The van der Waals surface area contributed by atoms with Crippen molar-refractivity contribution < 1.29 is 62.9 Å². The summed E-state index contributed by atoms with van der Waals surface area (Å²) in [5, 5.41) is 33.1. The number of cyclic esters (lactones) is 1. The Kier molecular flexibility index (Phi) is 12.7. The molecule has 3 aliphatic rings. The lowest BCUT2D eigenvalue weighted by atomic mass is 9.74. The second-order valence-electron chi connectivity index (χ2n) is 11.8. The van der Waals surface area contributed by atoms with Crippen molar-refractivity contribution in [3.8, 4) is 0 Å². The Labute approximate surface area is 252 Å². The molecule has 3 aliphatic heterocycles. The molecule has 0 aromatic heterocycles. The Balaban J connectivity index is 2.04. The molecule has 3 N–H and O–H groups in total. The van der Waals surface area contributed by atoms with E-state index < -0.39 is 65.9 Å². The summed E-state index contributed by atoms with van der Waals surface area (Å²) in [6.07, 6.45) is -1.03. The number of ether oxygens (including phenoxy) is 7. The van der Waals surface area contributed by atoms with E-state index in [4.69, 9.17) is 33.2 Å². The van der Waals surface area contributed by atoms with Crippen LogP contribution in [0.3, 0.4) is 0 Å². The number of rotatable bonds is 3. The third-order valence-corrected chi connectivity index (χ3v) is 7.83. The molecule has 0 aromatic carbocycles. The van der Waals surface area contributed by atoms with Gasteiger partial charge < -0.3 is 48.5 Å². The number of methoxy groups -OCH3 is 1. The maximum atomic E-state index is 12.7. The van der Waals surface area contributed by atoms with Crippen LogP contribution in [0.4, 0.5) is 0 Å². The lowest BCUT2D eigenvalue weighted by Gasteiger charge is -2.51. The number of aliphatic hydroxyl groups excluding tert-OH is 2. The molecular weight excluding hydrogens is 568 g/mol. The molecular formula is C30H46O13. The molecule has 4 bridgehead atoms. The molecule has 8 atom stereocenters. The Morgan fingerprint density at radius 3 is 2.49 bits per heavy atom. The molecule has 13 heteroatoms. The molecule has 13 nitrogen and oxygen atoms in total. The molecule has 0 unspecified atom stereocenters. The molecule has 244 valence electrons. The minimum atomic E-state index is -2.25. The molecule has 0 saturated carbocycles. The summed E-state index contributed by atoms with van der Waals surface area (Å²) in [5.74, 6) is -4.44. The fraction of sp³-hybridized carbons (Fsp3) is 0.767. The standard InChI is InChI=1S/C30H46O13/c1-18(31)24-17-23-14-20(15-25(34)37-5)28(40-19(2)32)30(36,43-23)29(3,4)10-6-27-39-13-9-22(41-27)8-12-38-11-7-21(33)16-26(35)42-24/h6,10,15,18,21-24,27-28,31,33,36H,7-9,11-14,16-17H2,1-5H3/b10-6+,20-15+/t18-,21-,22-,23+,24-,27+,28+,30-/m1/s1. The van der Waals surface area contributed by atoms with Crippen molar-refractivity contribution >= 4 is 17.9 Å². The zero-order valence-electron chi connectivity index (χ0n) is 25.6. The minimum absolute atomic E-state index is 0.0214. The van der Waals surface area contributed by atoms with E-state index in [-0.39, 0.29) is 44.0 Å². The molecule has 0 aromatic rings. The van der Waals surface area contributed by atoms with Gasteiger partial charge in [-0.2, -0.15) is 0 Å². The van der Waals surface area contributed by atoms with Gasteiger partial charge in [-0.15, -0.1) is 0 Å². The molecule has 2 fully saturated rings. The smallest absolute Gasteiger partial charge is 0.330 e. The first-order valence-electron chi connectivity index (χ1n) is 14.7. The highest BCUT2D eigenvalue weighted by Crippen LogP contribution is 2.46. The van der Waals surface area contributed by atoms with E-state index in [1.807, 2.05) is 0 Å². The summed E-state index contributed by atoms with van der Waals surface area (Å²) in [5.41, 5.74) is -1.08. The van der Waals surface area contributed by atoms with Crippen LogP contribution in [0.5, 0.6) is 0 Å². The zero-order chi connectivity index (χ0) is 31.8. The summed E-state index contributed by atoms with van der Waals surface area (Å²) >= 11 is 0. The predicted molar refractivity (Wildman–Crippen MR) is 149 cm³/mol. The van der Waals surface area contributed by atoms with Gasteiger partial charge in [0.2, 0.25) is 5.79 Å². The van der Waals surface area contributed by atoms with E-state index >= 15 is 0 Å². The van der Waals surface area contributed by atoms with E-state index in [1.165, 1.54) is 21.0 Å². The highest BCUT2D eigenvalue weighted by molar-refractivity contribution is 5.83. The van der Waals surface area contributed by atoms with Gasteiger partial charge in [0.1, 0.15) is 6.10 Å². The zero-order valence-corrected chi connectivity index (χ0v) is 25.6. The van der Waals surface area contributed by atoms with Gasteiger partial charge in [-0.25, -0.2) is 4.79 Å². The van der Waals surface area contributed by atoms with Crippen molar-refractivity contribution in [3.63, 3.8) is 0 Å². The molecule has 0 radical (unpaired) electrons. The minimum Gasteiger partial charge on any atom is -0.466 e. The number of hydrogen-bond acceptors (Lipinski definition) is 13. The first-order valence-corrected chi connectivity index (χ1v) is 14.7. The quantitative estimate of drug-likeness (QED) is 0.180. The first kappa shape index (κ1) is 35.1. The number of hydrogen-bond donors (Lipinski definition) is 3. The number of carbonyl (C=O) groups is 3. The summed E-state index contributed by atoms with van der Waals surface area (Å²) in [4.78, 5) is 37.2. The van der Waals surface area contributed by atoms with Gasteiger partial charge in [-0.3, -0.25) is 9.59 Å². The van der Waals surface area contributed by atoms with Crippen molar-refractivity contribution in [2.45, 2.75) is 115 Å². The predicted octanol–water partition coefficient (Wildman–Crippen LogP) is 1.45. The van der Waals surface area contributed by atoms with Gasteiger partial charge in [0.05, 0.1) is 44.6 Å². The third kappa shape index (κ3) is 9.80. The monoisotopic (exact) mass is 614 g/mol. The number of fused-ring (bicyclic) bond motifs is 4. The maximum absolute atomic E-state index is 12.7. The average molecular weight is 615 g/mol. The van der Waals surface area contributed by atoms with E-state index in [2.05, 4.69) is 0 Å². The van der Waals surface area contributed by atoms with Crippen molar-refractivity contribution in [3.05, 3.63) is 23.8 Å². The molecule has 43 heavy (non-hydrogen) atoms. The van der Waals surface area contributed by atoms with E-state index in [9.17, 15) is 29.7 Å². The summed E-state index contributed by atoms with van der Waals surface area (Å²) in [6.45, 7) is 6.98. The van der Waals surface area contributed by atoms with Crippen LogP contribution in [0.1, 0.15) is 66.2 Å². The highest BCUT2D eigenvalue weighted by atomic mass is 16.7. The maximum Gasteiger partial charge on any atom is 0.330 e. The van der Waals surface area contributed by atoms with E-state index in [0.717, 1.165) is 6.08 Å². The second-order valence-corrected chi connectivity index (χ2v) is 11.8. The van der Waals surface area contributed by atoms with Gasteiger partial charge in [-0.05, 0) is 44.3 Å². The molecule has 0 aliphatic carbocycles. The summed E-state index contributed by atoms with van der Waals surface area (Å²) in [6, 6.07) is 0. The van der Waals surface area contributed by atoms with Crippen molar-refractivity contribution in [1.29, 1.82) is 0 Å². The van der Waals surface area contributed by atoms with Crippen molar-refractivity contribution in [1.82, 2.24) is 0 Å². The van der Waals surface area contributed by atoms with E-state index in [0.29, 0.717) is 26.1 Å². The Hall–Kier alpha value is -2.39. The number of aliphatic hydroxyl groups is 3. The molecule has 3 heterocycles. The lowest BCUT2D eigenvalue weighted by Crippen LogP contribution is -2.62. The van der Waals surface area contributed by atoms with Gasteiger partial charge >= 0.3 is 17.9 Å². The van der Waals surface area contributed by atoms with Gasteiger partial charge in [-0.1, -0.05) is 19.9 Å². The number of carbonyl (C=O) groups excluding carboxylic acids is 3. The second kappa shape index (κ2) is 15.6. The summed E-state index contributed by atoms with van der Waals surface area (Å²) < 4.78 is 39.6. The van der Waals surface area contributed by atoms with Crippen LogP contribution in [0.15, 0.2) is 23.8 Å². The average Bonchev–Trinajstić information content (AvgIpc) is 2.92. The Morgan fingerprint density at radius 1 is 1.12 bits per heavy atom. The third-order valence-electron chi connectivity index (χ3n) is 7.83. The fourth-order valence-corrected chi connectivity index (χ4v) is 5.28. The Bertz CT molecular complexity index is 1020. The van der Waals surface area contributed by atoms with Gasteiger partial charge in [0.15, 0.2) is 12.4 Å². The molecule has 2 saturated heterocycles. The van der Waals surface area contributed by atoms with Crippen LogP contribution < -0.4 is 0 Å². The largest absolute Gasteiger partial charge is 0.466 e. The molecule has 3 rings (SSSR count). The van der Waals surface area contributed by atoms with Crippen LogP contribution in [0.2, 0.25) is 0 Å². The van der Waals surface area contributed by atoms with Crippen LogP contribution in [0, 0.1) is 5.41 Å². The van der Waals surface area contributed by atoms with Gasteiger partial charge in [0.25, 0.3) is 0 Å². The van der Waals surface area contributed by atoms with Crippen LogP contribution in [0.25, 0.3) is 0 Å². The lowest BCUT2D eigenvalue weighted by molar-refractivity contribution is -0.327. The summed E-state index contributed by atoms with van der Waals surface area (Å²) in [7, 11) is 1.19. The topological polar surface area (TPSA) is 177 Å².